The first-order valence-electron chi connectivity index (χ1n) is 11.3. The van der Waals surface area contributed by atoms with Crippen LogP contribution in [0.4, 0.5) is 11.4 Å². The van der Waals surface area contributed by atoms with Gasteiger partial charge in [-0.1, -0.05) is 43.6 Å². The van der Waals surface area contributed by atoms with Gasteiger partial charge in [-0.15, -0.1) is 0 Å². The molecule has 2 N–H and O–H groups in total. The van der Waals surface area contributed by atoms with Crippen LogP contribution in [-0.4, -0.2) is 23.3 Å². The van der Waals surface area contributed by atoms with Crippen molar-refractivity contribution in [2.45, 2.75) is 39.5 Å². The Kier molecular flexibility index (Phi) is 6.42. The number of benzene rings is 2. The maximum Gasteiger partial charge on any atom is 0.338 e. The highest BCUT2D eigenvalue weighted by Gasteiger charge is 2.46. The summed E-state index contributed by atoms with van der Waals surface area (Å²) in [7, 11) is 0. The fraction of sp³-hybridized carbons (Fsp3) is 0.308. The third kappa shape index (κ3) is 4.53. The molecule has 1 heterocycles. The topological polar surface area (TPSA) is 116 Å². The maximum absolute atomic E-state index is 13.6. The van der Waals surface area contributed by atoms with Gasteiger partial charge in [0.25, 0.3) is 5.69 Å². The number of hydrogen-bond acceptors (Lipinski definition) is 7. The van der Waals surface area contributed by atoms with Gasteiger partial charge in [0.1, 0.15) is 5.82 Å². The molecular formula is C26H26ClN3O5. The van der Waals surface area contributed by atoms with Crippen LogP contribution in [0.3, 0.4) is 0 Å². The molecule has 1 aliphatic heterocycles. The van der Waals surface area contributed by atoms with Gasteiger partial charge in [0.2, 0.25) is 0 Å². The van der Waals surface area contributed by atoms with Crippen molar-refractivity contribution in [3.8, 4) is 0 Å². The minimum absolute atomic E-state index is 0.0770. The van der Waals surface area contributed by atoms with Crippen molar-refractivity contribution in [3.63, 3.8) is 0 Å². The molecule has 0 fully saturated rings. The first kappa shape index (κ1) is 24.5. The van der Waals surface area contributed by atoms with Gasteiger partial charge < -0.3 is 10.5 Å². The van der Waals surface area contributed by atoms with E-state index in [1.54, 1.807) is 48.2 Å². The highest BCUT2D eigenvalue weighted by molar-refractivity contribution is 6.30. The number of nitrogens with two attached hydrogens (primary N) is 1. The molecule has 1 atom stereocenters. The Morgan fingerprint density at radius 1 is 1.23 bits per heavy atom. The largest absolute Gasteiger partial charge is 0.463 e. The predicted octanol–water partition coefficient (Wildman–Crippen LogP) is 5.23. The Morgan fingerprint density at radius 2 is 1.91 bits per heavy atom. The van der Waals surface area contributed by atoms with Gasteiger partial charge in [-0.3, -0.25) is 19.8 Å². The van der Waals surface area contributed by atoms with E-state index in [0.717, 1.165) is 0 Å². The SMILES string of the molecule is CCOC(=O)C1=C(N)N(c2cccc([N+](=O)[O-])c2)C2=C(C(=O)CC(C)(C)C2)[C@H]1c1ccc(Cl)cc1. The normalized spacial score (nSPS) is 19.5. The van der Waals surface area contributed by atoms with Crippen molar-refractivity contribution >= 4 is 34.7 Å². The lowest BCUT2D eigenvalue weighted by atomic mass is 9.68. The van der Waals surface area contributed by atoms with Crippen LogP contribution in [0.25, 0.3) is 0 Å². The number of ketones is 1. The molecule has 2 aromatic carbocycles. The first-order valence-corrected chi connectivity index (χ1v) is 11.6. The molecule has 0 unspecified atom stereocenters. The summed E-state index contributed by atoms with van der Waals surface area (Å²) in [5, 5.41) is 12.0. The number of nitrogens with zero attached hydrogens (tertiary/aromatic N) is 2. The van der Waals surface area contributed by atoms with Crippen LogP contribution < -0.4 is 10.6 Å². The molecule has 0 amide bonds. The second-order valence-electron chi connectivity index (χ2n) is 9.42. The number of hydrogen-bond donors (Lipinski definition) is 1. The number of ether oxygens (including phenoxy) is 1. The molecule has 4 rings (SSSR count). The van der Waals surface area contributed by atoms with Crippen molar-refractivity contribution < 1.29 is 19.2 Å². The van der Waals surface area contributed by atoms with Gasteiger partial charge in [0, 0.05) is 34.8 Å². The predicted molar refractivity (Wildman–Crippen MR) is 133 cm³/mol. The Labute approximate surface area is 208 Å². The minimum Gasteiger partial charge on any atom is -0.463 e. The van der Waals surface area contributed by atoms with E-state index < -0.39 is 16.8 Å². The highest BCUT2D eigenvalue weighted by Crippen LogP contribution is 2.50. The zero-order chi connectivity index (χ0) is 25.5. The second-order valence-corrected chi connectivity index (χ2v) is 9.85. The summed E-state index contributed by atoms with van der Waals surface area (Å²) in [5.74, 6) is -1.43. The molecule has 0 saturated heterocycles. The van der Waals surface area contributed by atoms with Crippen LogP contribution in [0.2, 0.25) is 5.02 Å². The quantitative estimate of drug-likeness (QED) is 0.343. The number of allylic oxidation sites excluding steroid dienone is 2. The molecule has 182 valence electrons. The lowest BCUT2D eigenvalue weighted by molar-refractivity contribution is -0.384. The van der Waals surface area contributed by atoms with Crippen LogP contribution in [0.5, 0.6) is 0 Å². The minimum atomic E-state index is -0.750. The number of halogens is 1. The number of nitro benzene ring substituents is 1. The van der Waals surface area contributed by atoms with E-state index >= 15 is 0 Å². The molecule has 0 saturated carbocycles. The van der Waals surface area contributed by atoms with Crippen LogP contribution in [0.1, 0.15) is 45.1 Å². The first-order chi connectivity index (χ1) is 16.5. The van der Waals surface area contributed by atoms with Crippen molar-refractivity contribution in [2.24, 2.45) is 11.1 Å². The van der Waals surface area contributed by atoms with Crippen LogP contribution in [0.15, 0.2) is 71.2 Å². The fourth-order valence-corrected chi connectivity index (χ4v) is 4.97. The number of carbonyl (C=O) groups is 2. The Bertz CT molecular complexity index is 1280. The van der Waals surface area contributed by atoms with E-state index in [-0.39, 0.29) is 41.3 Å². The van der Waals surface area contributed by atoms with Crippen molar-refractivity contribution in [2.75, 3.05) is 11.5 Å². The summed E-state index contributed by atoms with van der Waals surface area (Å²) in [6.45, 7) is 5.77. The van der Waals surface area contributed by atoms with Crippen LogP contribution in [-0.2, 0) is 14.3 Å². The fourth-order valence-electron chi connectivity index (χ4n) is 4.85. The van der Waals surface area contributed by atoms with E-state index in [0.29, 0.717) is 34.0 Å². The highest BCUT2D eigenvalue weighted by atomic mass is 35.5. The molecule has 8 nitrogen and oxygen atoms in total. The van der Waals surface area contributed by atoms with Gasteiger partial charge >= 0.3 is 5.97 Å². The zero-order valence-corrected chi connectivity index (χ0v) is 20.5. The van der Waals surface area contributed by atoms with E-state index in [1.165, 1.54) is 12.1 Å². The number of anilines is 1. The van der Waals surface area contributed by atoms with E-state index in [2.05, 4.69) is 0 Å². The Hall–Kier alpha value is -3.65. The third-order valence-corrected chi connectivity index (χ3v) is 6.51. The van der Waals surface area contributed by atoms with Gasteiger partial charge in [0.05, 0.1) is 28.7 Å². The summed E-state index contributed by atoms with van der Waals surface area (Å²) < 4.78 is 5.36. The van der Waals surface area contributed by atoms with Crippen molar-refractivity contribution in [1.29, 1.82) is 0 Å². The van der Waals surface area contributed by atoms with Crippen molar-refractivity contribution in [1.82, 2.24) is 0 Å². The molecule has 0 bridgehead atoms. The Balaban J connectivity index is 2.03. The number of rotatable bonds is 5. The van der Waals surface area contributed by atoms with E-state index in [9.17, 15) is 19.7 Å². The smallest absolute Gasteiger partial charge is 0.338 e. The molecule has 0 radical (unpaired) electrons. The number of non-ortho nitro benzene ring substituents is 1. The lowest BCUT2D eigenvalue weighted by Gasteiger charge is -2.44. The van der Waals surface area contributed by atoms with Crippen molar-refractivity contribution in [3.05, 3.63) is 91.9 Å². The molecule has 9 heteroatoms. The number of carbonyl (C=O) groups excluding carboxylic acids is 2. The van der Waals surface area contributed by atoms with Gasteiger partial charge in [-0.2, -0.15) is 0 Å². The molecule has 2 aromatic rings. The summed E-state index contributed by atoms with van der Waals surface area (Å²) in [5.41, 5.74) is 8.43. The molecule has 2 aliphatic rings. The number of esters is 1. The average molecular weight is 496 g/mol. The number of Topliss-reactive ketones (excluding diaryl/α,β-unsaturated/α-hetero) is 1. The summed E-state index contributed by atoms with van der Waals surface area (Å²) in [6, 6.07) is 12.9. The maximum atomic E-state index is 13.6. The van der Waals surface area contributed by atoms with Gasteiger partial charge in [-0.05, 0) is 42.5 Å². The third-order valence-electron chi connectivity index (χ3n) is 6.26. The van der Waals surface area contributed by atoms with Crippen LogP contribution in [0, 0.1) is 15.5 Å². The zero-order valence-electron chi connectivity index (χ0n) is 19.7. The van der Waals surface area contributed by atoms with Gasteiger partial charge in [0.15, 0.2) is 5.78 Å². The summed E-state index contributed by atoms with van der Waals surface area (Å²) >= 11 is 6.10. The van der Waals surface area contributed by atoms with E-state index in [1.807, 2.05) is 13.8 Å². The molecular weight excluding hydrogens is 470 g/mol. The van der Waals surface area contributed by atoms with Gasteiger partial charge in [-0.25, -0.2) is 4.79 Å². The molecule has 0 spiro atoms. The lowest BCUT2D eigenvalue weighted by Crippen LogP contribution is -2.43. The van der Waals surface area contributed by atoms with E-state index in [4.69, 9.17) is 22.1 Å². The average Bonchev–Trinajstić information content (AvgIpc) is 2.78. The molecule has 0 aromatic heterocycles. The summed E-state index contributed by atoms with van der Waals surface area (Å²) in [4.78, 5) is 39.5. The van der Waals surface area contributed by atoms with Crippen LogP contribution >= 0.6 is 11.6 Å². The second kappa shape index (κ2) is 9.19. The molecule has 1 aliphatic carbocycles. The monoisotopic (exact) mass is 495 g/mol. The molecule has 35 heavy (non-hydrogen) atoms. The summed E-state index contributed by atoms with van der Waals surface area (Å²) in [6.07, 6.45) is 0.770. The number of nitro groups is 1. The Morgan fingerprint density at radius 3 is 2.54 bits per heavy atom. The standard InChI is InChI=1S/C26H26ClN3O5/c1-4-35-25(32)23-21(15-8-10-16(27)11-9-15)22-19(13-26(2,3)14-20(22)31)29(24(23)28)17-6-5-7-18(12-17)30(33)34/h5-12,21H,4,13-14,28H2,1-3H3/t21-/m1/s1.